The summed E-state index contributed by atoms with van der Waals surface area (Å²) < 4.78 is 31.5. The second-order valence-corrected chi connectivity index (χ2v) is 34.1. The maximum Gasteiger partial charge on any atom is 0.410 e. The van der Waals surface area contributed by atoms with Crippen molar-refractivity contribution < 1.29 is 76.4 Å². The fourth-order valence-corrected chi connectivity index (χ4v) is 11.5. The van der Waals surface area contributed by atoms with Crippen molar-refractivity contribution in [2.45, 2.75) is 254 Å². The minimum absolute atomic E-state index is 0. The highest BCUT2D eigenvalue weighted by Gasteiger charge is 2.33. The van der Waals surface area contributed by atoms with E-state index in [1.165, 1.54) is 0 Å². The molecule has 0 bridgehead atoms. The Morgan fingerprint density at radius 1 is 0.413 bits per heavy atom. The summed E-state index contributed by atoms with van der Waals surface area (Å²) in [4.78, 5) is 94.6. The van der Waals surface area contributed by atoms with Gasteiger partial charge in [0.15, 0.2) is 23.3 Å². The van der Waals surface area contributed by atoms with E-state index < -0.39 is 17.2 Å². The van der Waals surface area contributed by atoms with Gasteiger partial charge in [0.05, 0.1) is 18.1 Å². The van der Waals surface area contributed by atoms with Crippen LogP contribution in [0.15, 0.2) is 42.4 Å². The number of aliphatic hydroxyl groups is 2. The number of anilines is 4. The van der Waals surface area contributed by atoms with E-state index in [9.17, 15) is 38.7 Å². The zero-order chi connectivity index (χ0) is 79.7. The molecule has 4 aliphatic heterocycles. The van der Waals surface area contributed by atoms with E-state index >= 15 is 0 Å². The molecule has 2 aliphatic carbocycles. The number of amides is 9. The van der Waals surface area contributed by atoms with Gasteiger partial charge in [0.25, 0.3) is 0 Å². The third kappa shape index (κ3) is 34.9. The lowest BCUT2D eigenvalue weighted by Gasteiger charge is -2.30. The van der Waals surface area contributed by atoms with Gasteiger partial charge in [-0.25, -0.2) is 24.0 Å². The van der Waals surface area contributed by atoms with Crippen LogP contribution in [0.2, 0.25) is 0 Å². The SMILES string of the molecule is C.CC(C)(C)OC(=O)N1CCCN(C(=O)Nc2cc(C(C)(C)C)on2)CC1.CC(C)(C)OC(=O)N1CCCNCC1.CC(C)(C)c1cc(N)no1.CC(C)(C)c1cc(NC(=O)N2CCCN(C(=O)C3CCC(O)CC3)CC2)no1.CC(C)(C)c1cc(NC(=O)N2CCCNCC2)no1.Cl.O=C(O)C1CCC(O)CC1. The van der Waals surface area contributed by atoms with Crippen LogP contribution in [0.4, 0.5) is 47.2 Å². The number of nitrogens with one attached hydrogen (secondary N) is 5. The van der Waals surface area contributed by atoms with Gasteiger partial charge >= 0.3 is 36.2 Å². The minimum Gasteiger partial charge on any atom is -0.481 e. The number of nitrogens with zero attached hydrogens (tertiary/aromatic N) is 10. The molecule has 2 saturated carbocycles. The molecule has 33 heteroatoms. The van der Waals surface area contributed by atoms with Gasteiger partial charge in [-0.15, -0.1) is 12.4 Å². The number of carboxylic acid groups (broad SMARTS) is 1. The summed E-state index contributed by atoms with van der Waals surface area (Å²) in [5.74, 6) is 4.00. The van der Waals surface area contributed by atoms with Crippen LogP contribution in [0.3, 0.4) is 0 Å². The molecule has 0 aromatic carbocycles. The highest BCUT2D eigenvalue weighted by Crippen LogP contribution is 2.30. The van der Waals surface area contributed by atoms with Crippen LogP contribution >= 0.6 is 12.4 Å². The van der Waals surface area contributed by atoms with Gasteiger partial charge in [0.2, 0.25) is 5.91 Å². The first kappa shape index (κ1) is 95.3. The van der Waals surface area contributed by atoms with Crippen LogP contribution in [0.5, 0.6) is 0 Å². The van der Waals surface area contributed by atoms with E-state index in [1.54, 1.807) is 48.8 Å². The number of halogens is 1. The lowest BCUT2D eigenvalue weighted by Crippen LogP contribution is -2.42. The molecule has 32 nitrogen and oxygen atoms in total. The Morgan fingerprint density at radius 2 is 0.706 bits per heavy atom. The molecule has 6 aliphatic rings. The predicted octanol–water partition coefficient (Wildman–Crippen LogP) is 12.3. The molecule has 109 heavy (non-hydrogen) atoms. The van der Waals surface area contributed by atoms with Gasteiger partial charge in [0, 0.05) is 143 Å². The van der Waals surface area contributed by atoms with Crippen molar-refractivity contribution in [2.24, 2.45) is 11.8 Å². The maximum atomic E-state index is 12.8. The Morgan fingerprint density at radius 3 is 1.05 bits per heavy atom. The first-order valence-electron chi connectivity index (χ1n) is 37.9. The number of nitrogens with two attached hydrogens (primary N) is 1. The minimum atomic E-state index is -0.716. The van der Waals surface area contributed by atoms with Gasteiger partial charge in [-0.2, -0.15) is 0 Å². The van der Waals surface area contributed by atoms with Crippen molar-refractivity contribution in [2.75, 3.05) is 126 Å². The number of hydrogen-bond donors (Lipinski definition) is 9. The summed E-state index contributed by atoms with van der Waals surface area (Å²) in [6, 6.07) is 6.45. The molecule has 0 spiro atoms. The smallest absolute Gasteiger partial charge is 0.410 e. The number of ether oxygens (including phenoxy) is 2. The molecule has 4 aromatic heterocycles. The molecule has 0 atom stereocenters. The molecule has 4 saturated heterocycles. The van der Waals surface area contributed by atoms with Crippen LogP contribution in [0.25, 0.3) is 0 Å². The molecule has 10 N–H and O–H groups in total. The molecule has 6 fully saturated rings. The Balaban J connectivity index is 0.000000352. The van der Waals surface area contributed by atoms with Crippen molar-refractivity contribution in [3.05, 3.63) is 47.3 Å². The predicted molar refractivity (Wildman–Crippen MR) is 421 cm³/mol. The summed E-state index contributed by atoms with van der Waals surface area (Å²) in [7, 11) is 0. The molecule has 620 valence electrons. The number of carbonyl (C=O) groups is 7. The fourth-order valence-electron chi connectivity index (χ4n) is 11.5. The second-order valence-electron chi connectivity index (χ2n) is 34.1. The highest BCUT2D eigenvalue weighted by molar-refractivity contribution is 5.90. The number of rotatable bonds is 5. The average Bonchev–Trinajstić information content (AvgIpc) is 1.74. The Hall–Kier alpha value is -7.94. The van der Waals surface area contributed by atoms with Crippen LogP contribution < -0.4 is 32.3 Å². The molecule has 0 unspecified atom stereocenters. The molecule has 10 rings (SSSR count). The molecule has 8 heterocycles. The zero-order valence-corrected chi connectivity index (χ0v) is 68.3. The average molecular weight is 1560 g/mol. The fraction of sp³-hybridized carbons (Fsp3) is 0.750. The van der Waals surface area contributed by atoms with Gasteiger partial charge in [-0.05, 0) is 132 Å². The molecule has 0 radical (unpaired) electrons. The van der Waals surface area contributed by atoms with Crippen LogP contribution in [0, 0.1) is 11.8 Å². The van der Waals surface area contributed by atoms with E-state index in [-0.39, 0.29) is 102 Å². The van der Waals surface area contributed by atoms with E-state index in [0.717, 1.165) is 96.0 Å². The third-order valence-electron chi connectivity index (χ3n) is 18.0. The van der Waals surface area contributed by atoms with Crippen LogP contribution in [0.1, 0.15) is 232 Å². The second kappa shape index (κ2) is 43.6. The van der Waals surface area contributed by atoms with Gasteiger partial charge in [-0.1, -0.05) is 111 Å². The topological polar surface area (TPSA) is 408 Å². The summed E-state index contributed by atoms with van der Waals surface area (Å²) in [5.41, 5.74) is 4.00. The lowest BCUT2D eigenvalue weighted by atomic mass is 9.86. The Bertz CT molecular complexity index is 3380. The van der Waals surface area contributed by atoms with Gasteiger partial charge < -0.3 is 88.7 Å². The number of nitrogen functional groups attached to an aromatic ring is 1. The number of aliphatic carboxylic acids is 1. The van der Waals surface area contributed by atoms with E-state index in [0.29, 0.717) is 132 Å². The number of carbonyl (C=O) groups excluding carboxylic acids is 6. The highest BCUT2D eigenvalue weighted by atomic mass is 35.5. The number of aromatic nitrogens is 4. The summed E-state index contributed by atoms with van der Waals surface area (Å²) in [6.07, 6.45) is 7.84. The van der Waals surface area contributed by atoms with Crippen molar-refractivity contribution in [1.29, 1.82) is 0 Å². The van der Waals surface area contributed by atoms with Crippen molar-refractivity contribution in [3.8, 4) is 0 Å². The number of aliphatic hydroxyl groups excluding tert-OH is 2. The first-order valence-corrected chi connectivity index (χ1v) is 37.9. The number of hydrogen-bond acceptors (Lipinski definition) is 22. The number of carboxylic acids is 1. The standard InChI is InChI=1S/C20H32N4O4.C18H30N4O4.C13H22N4O2.C10H20N2O2.C7H12N2O.C7H12O3.CH4.ClH/c1-20(2,3)16-13-17(22-28-16)21-19(27)24-10-4-9-23(11-12-24)18(26)14-5-7-15(25)8-6-14;1-17(2,3)13-12-14(20-26-13)19-15(23)21-8-7-9-22(11-10-21)16(24)25-18(4,5)6;1-13(2,3)10-9-11(16-19-10)15-12(18)17-7-4-5-14-6-8-17;1-10(2,3)14-9(13)12-7-4-5-11-6-8-12;1-7(2,3)5-4-6(8)9-10-5;8-6-3-1-5(2-4-6)7(9)10;;/h13-15,25H,4-12H2,1-3H3,(H,21,22,27);12H,7-11H2,1-6H3,(H,19,20,23);9,14H,4-8H2,1-3H3,(H,15,16,18);11H,4-8H2,1-3H3;4H,1-3H3,(H2,8,9);5-6,8H,1-4H2,(H,9,10);1H4;1H. The normalized spacial score (nSPS) is 19.6. The lowest BCUT2D eigenvalue weighted by molar-refractivity contribution is -0.143. The van der Waals surface area contributed by atoms with Crippen molar-refractivity contribution >= 4 is 77.8 Å². The van der Waals surface area contributed by atoms with Crippen molar-refractivity contribution in [3.63, 3.8) is 0 Å². The summed E-state index contributed by atoms with van der Waals surface area (Å²) in [6.45, 7) is 46.5. The molecule has 4 aromatic rings. The van der Waals surface area contributed by atoms with Gasteiger partial charge in [-0.3, -0.25) is 25.5 Å². The van der Waals surface area contributed by atoms with E-state index in [4.69, 9.17) is 43.5 Å². The Labute approximate surface area is 651 Å². The summed E-state index contributed by atoms with van der Waals surface area (Å²) >= 11 is 0. The quantitative estimate of drug-likeness (QED) is 0.0896. The monoisotopic (exact) mass is 1560 g/mol. The first-order chi connectivity index (χ1) is 49.8. The Kier molecular flexibility index (Phi) is 38.1. The van der Waals surface area contributed by atoms with Crippen molar-refractivity contribution in [1.82, 2.24) is 60.7 Å². The number of urea groups is 3. The largest absolute Gasteiger partial charge is 0.481 e. The molecular weight excluding hydrogens is 1430 g/mol. The van der Waals surface area contributed by atoms with Gasteiger partial charge in [0.1, 0.15) is 34.2 Å². The zero-order valence-electron chi connectivity index (χ0n) is 67.5. The maximum absolute atomic E-state index is 12.8. The van der Waals surface area contributed by atoms with Crippen LogP contribution in [-0.4, -0.2) is 236 Å². The van der Waals surface area contributed by atoms with Crippen LogP contribution in [-0.2, 0) is 40.7 Å². The molecular formula is C76H133ClN16O16. The third-order valence-corrected chi connectivity index (χ3v) is 18.0. The van der Waals surface area contributed by atoms with E-state index in [2.05, 4.69) is 47.2 Å². The summed E-state index contributed by atoms with van der Waals surface area (Å²) in [5, 5.41) is 57.4. The molecule has 9 amide bonds. The van der Waals surface area contributed by atoms with E-state index in [1.807, 2.05) is 130 Å².